The van der Waals surface area contributed by atoms with Gasteiger partial charge in [-0.2, -0.15) is 0 Å². The Morgan fingerprint density at radius 3 is 2.27 bits per heavy atom. The van der Waals surface area contributed by atoms with E-state index in [1.165, 1.54) is 23.8 Å². The molecule has 0 spiro atoms. The second-order valence-corrected chi connectivity index (χ2v) is 9.40. The molecule has 1 amide bonds. The van der Waals surface area contributed by atoms with Crippen molar-refractivity contribution >= 4 is 5.91 Å². The Hall–Kier alpha value is -3.29. The number of carbonyl (C=O) groups excluding carboxylic acids is 1. The van der Waals surface area contributed by atoms with Crippen LogP contribution in [0, 0.1) is 26.7 Å². The van der Waals surface area contributed by atoms with Crippen LogP contribution in [0.1, 0.15) is 78.5 Å². The smallest absolute Gasteiger partial charge is 0.405 e. The zero-order valence-corrected chi connectivity index (χ0v) is 22.1. The Bertz CT molecular complexity index is 1180. The first-order valence-corrected chi connectivity index (χ1v) is 12.9. The number of ether oxygens (including phenoxy) is 1. The molecular formula is C29H36F3N3O2. The maximum Gasteiger partial charge on any atom is 0.573 e. The number of rotatable bonds is 6. The molecule has 1 saturated carbocycles. The molecule has 2 N–H and O–H groups in total. The van der Waals surface area contributed by atoms with Crippen LogP contribution < -0.4 is 10.1 Å². The number of carbonyl (C=O) groups is 1. The summed E-state index contributed by atoms with van der Waals surface area (Å²) in [4.78, 5) is 20.5. The molecule has 3 aromatic rings. The number of para-hydroxylation sites is 1. The van der Waals surface area contributed by atoms with E-state index in [1.54, 1.807) is 19.1 Å². The number of alkyl halides is 3. The Kier molecular flexibility index (Phi) is 9.40. The van der Waals surface area contributed by atoms with Crippen molar-refractivity contribution in [2.24, 2.45) is 5.92 Å². The van der Waals surface area contributed by atoms with Crippen LogP contribution in [-0.2, 0) is 0 Å². The number of aromatic nitrogens is 2. The first-order chi connectivity index (χ1) is 17.6. The van der Waals surface area contributed by atoms with Crippen LogP contribution in [0.5, 0.6) is 5.75 Å². The van der Waals surface area contributed by atoms with Gasteiger partial charge in [0.2, 0.25) is 0 Å². The largest absolute Gasteiger partial charge is 0.573 e. The molecule has 1 aliphatic rings. The summed E-state index contributed by atoms with van der Waals surface area (Å²) in [6.07, 6.45) is -0.702. The van der Waals surface area contributed by atoms with Gasteiger partial charge in [-0.05, 0) is 94.2 Å². The van der Waals surface area contributed by atoms with Crippen LogP contribution in [0.2, 0.25) is 0 Å². The highest BCUT2D eigenvalue weighted by atomic mass is 19.4. The zero-order valence-electron chi connectivity index (χ0n) is 22.1. The first kappa shape index (κ1) is 28.3. The van der Waals surface area contributed by atoms with Gasteiger partial charge >= 0.3 is 6.36 Å². The molecule has 37 heavy (non-hydrogen) atoms. The molecule has 5 nitrogen and oxygen atoms in total. The van der Waals surface area contributed by atoms with Crippen LogP contribution in [0.25, 0.3) is 11.3 Å². The molecule has 4 rings (SSSR count). The van der Waals surface area contributed by atoms with Crippen LogP contribution in [0.3, 0.4) is 0 Å². The minimum Gasteiger partial charge on any atom is -0.405 e. The number of nitrogens with one attached hydrogen (secondary N) is 2. The number of benzene rings is 1. The van der Waals surface area contributed by atoms with Crippen molar-refractivity contribution in [3.8, 4) is 17.0 Å². The molecule has 0 saturated heterocycles. The molecule has 1 fully saturated rings. The predicted molar refractivity (Wildman–Crippen MR) is 140 cm³/mol. The molecule has 2 heterocycles. The van der Waals surface area contributed by atoms with Gasteiger partial charge in [-0.15, -0.1) is 13.2 Å². The fourth-order valence-electron chi connectivity index (χ4n) is 5.00. The summed E-state index contributed by atoms with van der Waals surface area (Å²) in [5.41, 5.74) is 4.89. The van der Waals surface area contributed by atoms with E-state index in [0.29, 0.717) is 35.3 Å². The summed E-state index contributed by atoms with van der Waals surface area (Å²) in [6.45, 7) is 10.3. The summed E-state index contributed by atoms with van der Waals surface area (Å²) < 4.78 is 42.9. The predicted octanol–water partition coefficient (Wildman–Crippen LogP) is 7.63. The van der Waals surface area contributed by atoms with E-state index in [2.05, 4.69) is 32.2 Å². The number of pyridine rings is 1. The number of nitrogens with zero attached hydrogens (tertiary/aromatic N) is 1. The third kappa shape index (κ3) is 7.60. The van der Waals surface area contributed by atoms with Gasteiger partial charge in [-0.3, -0.25) is 9.78 Å². The lowest BCUT2D eigenvalue weighted by Gasteiger charge is -2.29. The summed E-state index contributed by atoms with van der Waals surface area (Å²) in [5.74, 6) is 0.208. The highest BCUT2D eigenvalue weighted by molar-refractivity contribution is 6.01. The van der Waals surface area contributed by atoms with E-state index >= 15 is 0 Å². The number of aryl methyl sites for hydroxylation is 3. The van der Waals surface area contributed by atoms with Crippen molar-refractivity contribution < 1.29 is 22.7 Å². The summed E-state index contributed by atoms with van der Waals surface area (Å²) in [6, 6.07) is 11.8. The van der Waals surface area contributed by atoms with Crippen molar-refractivity contribution in [2.75, 3.05) is 6.54 Å². The van der Waals surface area contributed by atoms with Crippen LogP contribution in [0.15, 0.2) is 42.5 Å². The maximum absolute atomic E-state index is 13.1. The average molecular weight is 516 g/mol. The molecule has 0 atom stereocenters. The second kappa shape index (κ2) is 12.3. The zero-order chi connectivity index (χ0) is 27.2. The summed E-state index contributed by atoms with van der Waals surface area (Å²) >= 11 is 0. The topological polar surface area (TPSA) is 67.0 Å². The van der Waals surface area contributed by atoms with Crippen LogP contribution >= 0.6 is 0 Å². The minimum atomic E-state index is -4.83. The van der Waals surface area contributed by atoms with E-state index in [4.69, 9.17) is 0 Å². The second-order valence-electron chi connectivity index (χ2n) is 9.40. The van der Waals surface area contributed by atoms with E-state index in [0.717, 1.165) is 37.1 Å². The van der Waals surface area contributed by atoms with Crippen molar-refractivity contribution in [3.63, 3.8) is 0 Å². The average Bonchev–Trinajstić information content (AvgIpc) is 3.24. The Balaban J connectivity index is 0.00000186. The lowest BCUT2D eigenvalue weighted by atomic mass is 9.78. The van der Waals surface area contributed by atoms with Crippen LogP contribution in [0.4, 0.5) is 13.2 Å². The van der Waals surface area contributed by atoms with E-state index in [1.807, 2.05) is 27.7 Å². The van der Waals surface area contributed by atoms with Gasteiger partial charge in [0, 0.05) is 29.2 Å². The highest BCUT2D eigenvalue weighted by Crippen LogP contribution is 2.37. The molecule has 8 heteroatoms. The lowest BCUT2D eigenvalue weighted by molar-refractivity contribution is -0.274. The van der Waals surface area contributed by atoms with Crippen molar-refractivity contribution in [3.05, 3.63) is 70.7 Å². The fraction of sp³-hybridized carbons (Fsp3) is 0.448. The van der Waals surface area contributed by atoms with Gasteiger partial charge in [-0.1, -0.05) is 26.0 Å². The van der Waals surface area contributed by atoms with Gasteiger partial charge in [0.25, 0.3) is 5.91 Å². The lowest BCUT2D eigenvalue weighted by Crippen LogP contribution is -2.31. The van der Waals surface area contributed by atoms with Gasteiger partial charge < -0.3 is 15.0 Å². The van der Waals surface area contributed by atoms with Gasteiger partial charge in [-0.25, -0.2) is 0 Å². The van der Waals surface area contributed by atoms with Gasteiger partial charge in [0.05, 0.1) is 11.3 Å². The normalized spacial score (nSPS) is 17.5. The summed E-state index contributed by atoms with van der Waals surface area (Å²) in [7, 11) is 0. The minimum absolute atomic E-state index is 0.187. The molecule has 0 bridgehead atoms. The Labute approximate surface area is 216 Å². The molecule has 200 valence electrons. The summed E-state index contributed by atoms with van der Waals surface area (Å²) in [5, 5.41) is 3.00. The van der Waals surface area contributed by atoms with E-state index in [-0.39, 0.29) is 17.2 Å². The maximum atomic E-state index is 13.1. The SMILES string of the molecule is CC.Cc1cc(C2CCC(CNC(=O)c3cc(C)[nH]c3-c3ccccc3OC(F)(F)F)CC2)cc(C)n1. The molecule has 0 aliphatic heterocycles. The third-order valence-corrected chi connectivity index (χ3v) is 6.55. The van der Waals surface area contributed by atoms with Crippen molar-refractivity contribution in [1.82, 2.24) is 15.3 Å². The Morgan fingerprint density at radius 1 is 1.03 bits per heavy atom. The molecular weight excluding hydrogens is 479 g/mol. The molecule has 1 aromatic carbocycles. The standard InChI is InChI=1S/C27H30F3N3O2.C2H6/c1-16-12-21(13-17(2)32-16)20-10-8-19(9-11-20)15-31-26(34)23-14-18(3)33-25(23)22-6-4-5-7-24(22)35-27(28,29)30;1-2/h4-7,12-14,19-20,33H,8-11,15H2,1-3H3,(H,31,34);1-2H3. The van der Waals surface area contributed by atoms with E-state index < -0.39 is 6.36 Å². The monoisotopic (exact) mass is 515 g/mol. The quantitative estimate of drug-likeness (QED) is 0.355. The number of aromatic amines is 1. The van der Waals surface area contributed by atoms with E-state index in [9.17, 15) is 18.0 Å². The van der Waals surface area contributed by atoms with Gasteiger partial charge in [0.1, 0.15) is 5.75 Å². The van der Waals surface area contributed by atoms with Gasteiger partial charge in [0.15, 0.2) is 0 Å². The fourth-order valence-corrected chi connectivity index (χ4v) is 5.00. The highest BCUT2D eigenvalue weighted by Gasteiger charge is 2.33. The molecule has 1 aliphatic carbocycles. The number of halogens is 3. The van der Waals surface area contributed by atoms with Crippen molar-refractivity contribution in [2.45, 2.75) is 72.6 Å². The van der Waals surface area contributed by atoms with Crippen molar-refractivity contribution in [1.29, 1.82) is 0 Å². The molecule has 0 radical (unpaired) electrons. The number of amides is 1. The Morgan fingerprint density at radius 2 is 1.65 bits per heavy atom. The number of H-pyrrole nitrogens is 1. The first-order valence-electron chi connectivity index (χ1n) is 12.9. The number of hydrogen-bond donors (Lipinski definition) is 2. The molecule has 0 unspecified atom stereocenters. The van der Waals surface area contributed by atoms with Crippen LogP contribution in [-0.4, -0.2) is 28.8 Å². The molecule has 2 aromatic heterocycles. The third-order valence-electron chi connectivity index (χ3n) is 6.55. The number of hydrogen-bond acceptors (Lipinski definition) is 3.